The Morgan fingerprint density at radius 3 is 2.71 bits per heavy atom. The van der Waals surface area contributed by atoms with Gasteiger partial charge in [-0.15, -0.1) is 0 Å². The van der Waals surface area contributed by atoms with E-state index in [0.717, 1.165) is 25.2 Å². The summed E-state index contributed by atoms with van der Waals surface area (Å²) >= 11 is 0. The van der Waals surface area contributed by atoms with Crippen LogP contribution in [0.4, 0.5) is 5.69 Å². The summed E-state index contributed by atoms with van der Waals surface area (Å²) < 4.78 is 0. The molecule has 1 fully saturated rings. The van der Waals surface area contributed by atoms with Crippen LogP contribution < -0.4 is 10.6 Å². The molecule has 3 nitrogen and oxygen atoms in total. The third-order valence-electron chi connectivity index (χ3n) is 3.75. The Hall–Kier alpha value is -1.35. The van der Waals surface area contributed by atoms with E-state index < -0.39 is 0 Å². The number of aryl methyl sites for hydroxylation is 1. The van der Waals surface area contributed by atoms with Crippen molar-refractivity contribution in [3.63, 3.8) is 0 Å². The summed E-state index contributed by atoms with van der Waals surface area (Å²) in [7, 11) is 0. The lowest BCUT2D eigenvalue weighted by Crippen LogP contribution is -2.25. The first kappa shape index (κ1) is 12.1. The normalized spacial score (nSPS) is 19.4. The van der Waals surface area contributed by atoms with Gasteiger partial charge >= 0.3 is 0 Å². The molecule has 3 heteroatoms. The number of carbonyl (C=O) groups is 1. The Bertz CT molecular complexity index is 434. The number of amides is 1. The zero-order chi connectivity index (χ0) is 12.4. The second-order valence-corrected chi connectivity index (χ2v) is 4.86. The molecule has 1 aromatic carbocycles. The van der Waals surface area contributed by atoms with Gasteiger partial charge in [0.2, 0.25) is 5.91 Å². The number of anilines is 1. The minimum atomic E-state index is 0.121. The molecule has 0 aromatic heterocycles. The fourth-order valence-electron chi connectivity index (χ4n) is 2.20. The molecule has 92 valence electrons. The fraction of sp³-hybridized carbons (Fsp3) is 0.500. The summed E-state index contributed by atoms with van der Waals surface area (Å²) in [5.74, 6) is 0.261. The van der Waals surface area contributed by atoms with E-state index in [1.54, 1.807) is 0 Å². The van der Waals surface area contributed by atoms with Crippen LogP contribution in [-0.2, 0) is 4.79 Å². The highest BCUT2D eigenvalue weighted by molar-refractivity contribution is 5.93. The van der Waals surface area contributed by atoms with Gasteiger partial charge in [-0.25, -0.2) is 0 Å². The predicted molar refractivity (Wildman–Crippen MR) is 70.3 cm³/mol. The van der Waals surface area contributed by atoms with Crippen LogP contribution in [-0.4, -0.2) is 19.0 Å². The van der Waals surface area contributed by atoms with Gasteiger partial charge in [0.05, 0.1) is 5.92 Å². The first-order valence-corrected chi connectivity index (χ1v) is 6.18. The molecule has 1 aromatic rings. The van der Waals surface area contributed by atoms with Crippen LogP contribution in [0.1, 0.15) is 23.1 Å². The van der Waals surface area contributed by atoms with Gasteiger partial charge in [0.1, 0.15) is 0 Å². The molecule has 1 aliphatic heterocycles. The van der Waals surface area contributed by atoms with Crippen LogP contribution in [0, 0.1) is 26.7 Å². The van der Waals surface area contributed by atoms with E-state index in [4.69, 9.17) is 0 Å². The van der Waals surface area contributed by atoms with E-state index in [9.17, 15) is 4.79 Å². The van der Waals surface area contributed by atoms with Gasteiger partial charge in [0, 0.05) is 12.2 Å². The average molecular weight is 232 g/mol. The molecule has 1 atom stereocenters. The predicted octanol–water partition coefficient (Wildman–Crippen LogP) is 2.16. The second-order valence-electron chi connectivity index (χ2n) is 4.86. The highest BCUT2D eigenvalue weighted by Crippen LogP contribution is 2.22. The first-order valence-electron chi connectivity index (χ1n) is 6.18. The Labute approximate surface area is 103 Å². The van der Waals surface area contributed by atoms with E-state index in [0.29, 0.717) is 0 Å². The molecule has 0 saturated carbocycles. The van der Waals surface area contributed by atoms with E-state index in [1.165, 1.54) is 16.7 Å². The van der Waals surface area contributed by atoms with Crippen molar-refractivity contribution in [3.8, 4) is 0 Å². The van der Waals surface area contributed by atoms with Crippen molar-refractivity contribution in [2.24, 2.45) is 5.92 Å². The summed E-state index contributed by atoms with van der Waals surface area (Å²) in [6.07, 6.45) is 0.940. The van der Waals surface area contributed by atoms with Gasteiger partial charge in [-0.2, -0.15) is 0 Å². The number of benzene rings is 1. The van der Waals surface area contributed by atoms with Crippen LogP contribution in [0.5, 0.6) is 0 Å². The molecule has 1 saturated heterocycles. The van der Waals surface area contributed by atoms with Crippen molar-refractivity contribution in [1.29, 1.82) is 0 Å². The fourth-order valence-corrected chi connectivity index (χ4v) is 2.20. The van der Waals surface area contributed by atoms with Crippen molar-refractivity contribution in [1.82, 2.24) is 5.32 Å². The molecule has 1 aliphatic rings. The zero-order valence-corrected chi connectivity index (χ0v) is 10.8. The minimum absolute atomic E-state index is 0.121. The maximum atomic E-state index is 12.0. The van der Waals surface area contributed by atoms with Gasteiger partial charge in [0.25, 0.3) is 0 Å². The number of nitrogens with one attached hydrogen (secondary N) is 2. The van der Waals surface area contributed by atoms with Crippen LogP contribution in [0.15, 0.2) is 12.1 Å². The quantitative estimate of drug-likeness (QED) is 0.820. The Morgan fingerprint density at radius 1 is 1.29 bits per heavy atom. The van der Waals surface area contributed by atoms with Gasteiger partial charge in [-0.1, -0.05) is 6.07 Å². The number of rotatable bonds is 2. The summed E-state index contributed by atoms with van der Waals surface area (Å²) in [5.41, 5.74) is 4.64. The van der Waals surface area contributed by atoms with E-state index in [-0.39, 0.29) is 11.8 Å². The van der Waals surface area contributed by atoms with Crippen molar-refractivity contribution >= 4 is 11.6 Å². The molecule has 2 rings (SSSR count). The Balaban J connectivity index is 2.13. The van der Waals surface area contributed by atoms with E-state index in [2.05, 4.69) is 37.5 Å². The first-order chi connectivity index (χ1) is 8.09. The topological polar surface area (TPSA) is 41.1 Å². The van der Waals surface area contributed by atoms with Gasteiger partial charge in [0.15, 0.2) is 0 Å². The van der Waals surface area contributed by atoms with Gasteiger partial charge in [-0.05, 0) is 56.5 Å². The molecule has 2 N–H and O–H groups in total. The zero-order valence-electron chi connectivity index (χ0n) is 10.8. The lowest BCUT2D eigenvalue weighted by Gasteiger charge is -2.14. The number of hydrogen-bond donors (Lipinski definition) is 2. The van der Waals surface area contributed by atoms with Gasteiger partial charge < -0.3 is 10.6 Å². The smallest absolute Gasteiger partial charge is 0.228 e. The third-order valence-corrected chi connectivity index (χ3v) is 3.75. The van der Waals surface area contributed by atoms with Crippen molar-refractivity contribution in [2.75, 3.05) is 18.4 Å². The molecule has 17 heavy (non-hydrogen) atoms. The monoisotopic (exact) mass is 232 g/mol. The largest absolute Gasteiger partial charge is 0.326 e. The highest BCUT2D eigenvalue weighted by Gasteiger charge is 2.22. The van der Waals surface area contributed by atoms with Crippen molar-refractivity contribution in [3.05, 3.63) is 28.8 Å². The van der Waals surface area contributed by atoms with E-state index in [1.807, 2.05) is 6.07 Å². The van der Waals surface area contributed by atoms with Crippen molar-refractivity contribution in [2.45, 2.75) is 27.2 Å². The Kier molecular flexibility index (Phi) is 3.48. The molecule has 0 radical (unpaired) electrons. The second kappa shape index (κ2) is 4.88. The Morgan fingerprint density at radius 2 is 2.06 bits per heavy atom. The molecular formula is C14H20N2O. The van der Waals surface area contributed by atoms with E-state index >= 15 is 0 Å². The maximum Gasteiger partial charge on any atom is 0.228 e. The van der Waals surface area contributed by atoms with Crippen molar-refractivity contribution < 1.29 is 4.79 Å². The van der Waals surface area contributed by atoms with Crippen LogP contribution >= 0.6 is 0 Å². The van der Waals surface area contributed by atoms with Crippen LogP contribution in [0.2, 0.25) is 0 Å². The minimum Gasteiger partial charge on any atom is -0.326 e. The lowest BCUT2D eigenvalue weighted by atomic mass is 10.0. The van der Waals surface area contributed by atoms with Crippen LogP contribution in [0.25, 0.3) is 0 Å². The summed E-state index contributed by atoms with van der Waals surface area (Å²) in [5, 5.41) is 6.25. The molecular weight excluding hydrogens is 212 g/mol. The number of hydrogen-bond acceptors (Lipinski definition) is 2. The summed E-state index contributed by atoms with van der Waals surface area (Å²) in [4.78, 5) is 12.0. The summed E-state index contributed by atoms with van der Waals surface area (Å²) in [6, 6.07) is 4.06. The SMILES string of the molecule is Cc1ccc(NC(=O)C2CCNC2)c(C)c1C. The lowest BCUT2D eigenvalue weighted by molar-refractivity contribution is -0.119. The third kappa shape index (κ3) is 2.50. The standard InChI is InChI=1S/C14H20N2O/c1-9-4-5-13(11(3)10(9)2)16-14(17)12-6-7-15-8-12/h4-5,12,15H,6-8H2,1-3H3,(H,16,17). The number of carbonyl (C=O) groups excluding carboxylic acids is 1. The van der Waals surface area contributed by atoms with Crippen LogP contribution in [0.3, 0.4) is 0 Å². The average Bonchev–Trinajstić information content (AvgIpc) is 2.83. The molecule has 1 amide bonds. The molecule has 0 bridgehead atoms. The molecule has 1 unspecified atom stereocenters. The molecule has 0 aliphatic carbocycles. The highest BCUT2D eigenvalue weighted by atomic mass is 16.1. The maximum absolute atomic E-state index is 12.0. The molecule has 0 spiro atoms. The summed E-state index contributed by atoms with van der Waals surface area (Å²) in [6.45, 7) is 8.00. The van der Waals surface area contributed by atoms with Gasteiger partial charge in [-0.3, -0.25) is 4.79 Å². The molecule has 1 heterocycles.